The van der Waals surface area contributed by atoms with E-state index in [4.69, 9.17) is 17.3 Å². The zero-order chi connectivity index (χ0) is 13.1. The largest absolute Gasteiger partial charge is 0.397 e. The van der Waals surface area contributed by atoms with Crippen LogP contribution in [0.2, 0.25) is 5.15 Å². The lowest BCUT2D eigenvalue weighted by molar-refractivity contribution is 0.102. The number of aromatic nitrogens is 2. The molecule has 92 valence electrons. The molecule has 0 saturated carbocycles. The van der Waals surface area contributed by atoms with Crippen LogP contribution in [0.1, 0.15) is 10.4 Å². The predicted octanol–water partition coefficient (Wildman–Crippen LogP) is 2.73. The molecule has 0 saturated heterocycles. The second-order valence-corrected chi connectivity index (χ2v) is 4.71. The zero-order valence-corrected chi connectivity index (χ0v) is 11.4. The van der Waals surface area contributed by atoms with Crippen molar-refractivity contribution in [1.82, 2.24) is 9.97 Å². The Morgan fingerprint density at radius 2 is 2.11 bits per heavy atom. The summed E-state index contributed by atoms with van der Waals surface area (Å²) in [5.41, 5.74) is 6.18. The maximum atomic E-state index is 11.9. The molecular weight excluding hydrogens is 320 g/mol. The highest BCUT2D eigenvalue weighted by molar-refractivity contribution is 9.10. The molecule has 1 amide bonds. The van der Waals surface area contributed by atoms with Crippen molar-refractivity contribution >= 4 is 44.9 Å². The Balaban J connectivity index is 2.21. The van der Waals surface area contributed by atoms with Crippen molar-refractivity contribution < 1.29 is 4.79 Å². The number of hydrogen-bond donors (Lipinski definition) is 2. The number of nitrogens with zero attached hydrogens (tertiary/aromatic N) is 2. The number of carbonyl (C=O) groups is 1. The lowest BCUT2D eigenvalue weighted by Crippen LogP contribution is -2.15. The summed E-state index contributed by atoms with van der Waals surface area (Å²) in [6.45, 7) is 0. The third-order valence-corrected chi connectivity index (χ3v) is 2.79. The van der Waals surface area contributed by atoms with Crippen LogP contribution < -0.4 is 11.1 Å². The average Bonchev–Trinajstić information content (AvgIpc) is 2.35. The predicted molar refractivity (Wildman–Crippen MR) is 73.5 cm³/mol. The number of halogens is 2. The fraction of sp³-hybridized carbons (Fsp3) is 0. The second-order valence-electron chi connectivity index (χ2n) is 3.41. The molecule has 18 heavy (non-hydrogen) atoms. The highest BCUT2D eigenvalue weighted by Crippen LogP contribution is 2.17. The number of nitrogens with one attached hydrogen (secondary N) is 1. The van der Waals surface area contributed by atoms with Crippen LogP contribution >= 0.6 is 27.5 Å². The van der Waals surface area contributed by atoms with E-state index in [9.17, 15) is 4.79 Å². The summed E-state index contributed by atoms with van der Waals surface area (Å²) in [6.07, 6.45) is 2.92. The van der Waals surface area contributed by atoms with Crippen molar-refractivity contribution in [1.29, 1.82) is 0 Å². The molecule has 3 N–H and O–H groups in total. The van der Waals surface area contributed by atoms with E-state index < -0.39 is 0 Å². The summed E-state index contributed by atoms with van der Waals surface area (Å²) >= 11 is 8.97. The molecule has 0 bridgehead atoms. The first-order valence-corrected chi connectivity index (χ1v) is 6.07. The normalized spacial score (nSPS) is 10.1. The number of rotatable bonds is 2. The van der Waals surface area contributed by atoms with Crippen LogP contribution in [0.3, 0.4) is 0 Å². The molecule has 2 rings (SSSR count). The van der Waals surface area contributed by atoms with Crippen LogP contribution in [0, 0.1) is 0 Å². The number of amides is 1. The maximum Gasteiger partial charge on any atom is 0.259 e. The molecule has 0 unspecified atom stereocenters. The van der Waals surface area contributed by atoms with Crippen LogP contribution in [0.15, 0.2) is 35.1 Å². The van der Waals surface area contributed by atoms with E-state index in [0.717, 1.165) is 4.47 Å². The minimum Gasteiger partial charge on any atom is -0.397 e. The third kappa shape index (κ3) is 2.96. The Morgan fingerprint density at radius 3 is 2.78 bits per heavy atom. The van der Waals surface area contributed by atoms with E-state index >= 15 is 0 Å². The van der Waals surface area contributed by atoms with Gasteiger partial charge >= 0.3 is 0 Å². The minimum absolute atomic E-state index is 0.207. The van der Waals surface area contributed by atoms with Gasteiger partial charge in [0.05, 0.1) is 17.4 Å². The summed E-state index contributed by atoms with van der Waals surface area (Å²) in [6, 6.07) is 4.84. The van der Waals surface area contributed by atoms with Gasteiger partial charge in [-0.15, -0.1) is 0 Å². The standard InChI is InChI=1S/C11H8BrClN4O/c12-6-1-2-10(16-4-6)17-11(18)7-3-9(13)15-5-8(7)14/h1-5H,14H2,(H,16,17,18). The Hall–Kier alpha value is -1.66. The summed E-state index contributed by atoms with van der Waals surface area (Å²) in [5.74, 6) is 0.0437. The molecule has 0 spiro atoms. The zero-order valence-electron chi connectivity index (χ0n) is 9.02. The highest BCUT2D eigenvalue weighted by atomic mass is 79.9. The molecule has 0 aliphatic rings. The topological polar surface area (TPSA) is 80.9 Å². The smallest absolute Gasteiger partial charge is 0.259 e. The van der Waals surface area contributed by atoms with Crippen molar-refractivity contribution in [2.45, 2.75) is 0 Å². The van der Waals surface area contributed by atoms with E-state index in [0.29, 0.717) is 5.82 Å². The number of anilines is 2. The van der Waals surface area contributed by atoms with Crippen LogP contribution in [-0.4, -0.2) is 15.9 Å². The fourth-order valence-electron chi connectivity index (χ4n) is 1.27. The number of nitrogen functional groups attached to an aromatic ring is 1. The minimum atomic E-state index is -0.383. The molecule has 7 heteroatoms. The van der Waals surface area contributed by atoms with Gasteiger partial charge in [-0.25, -0.2) is 9.97 Å². The van der Waals surface area contributed by atoms with Gasteiger partial charge in [-0.05, 0) is 34.1 Å². The van der Waals surface area contributed by atoms with Crippen molar-refractivity contribution in [3.8, 4) is 0 Å². The lowest BCUT2D eigenvalue weighted by Gasteiger charge is -2.06. The number of carbonyl (C=O) groups excluding carboxylic acids is 1. The van der Waals surface area contributed by atoms with Gasteiger partial charge in [-0.2, -0.15) is 0 Å². The van der Waals surface area contributed by atoms with Crippen molar-refractivity contribution in [3.05, 3.63) is 45.8 Å². The van der Waals surface area contributed by atoms with Crippen molar-refractivity contribution in [2.75, 3.05) is 11.1 Å². The van der Waals surface area contributed by atoms with Gasteiger partial charge in [0.15, 0.2) is 0 Å². The molecule has 2 aromatic heterocycles. The van der Waals surface area contributed by atoms with E-state index in [1.165, 1.54) is 12.3 Å². The SMILES string of the molecule is Nc1cnc(Cl)cc1C(=O)Nc1ccc(Br)cn1. The van der Waals surface area contributed by atoms with Gasteiger partial charge in [0, 0.05) is 10.7 Å². The van der Waals surface area contributed by atoms with E-state index in [2.05, 4.69) is 31.2 Å². The quantitative estimate of drug-likeness (QED) is 0.831. The molecule has 0 aliphatic carbocycles. The average molecular weight is 328 g/mol. The summed E-state index contributed by atoms with van der Waals surface area (Å²) in [5, 5.41) is 2.82. The summed E-state index contributed by atoms with van der Waals surface area (Å²) in [4.78, 5) is 19.7. The molecule has 0 aromatic carbocycles. The number of hydrogen-bond acceptors (Lipinski definition) is 4. The molecule has 0 atom stereocenters. The van der Waals surface area contributed by atoms with Crippen molar-refractivity contribution in [2.24, 2.45) is 0 Å². The molecule has 0 radical (unpaired) electrons. The monoisotopic (exact) mass is 326 g/mol. The van der Waals surface area contributed by atoms with Crippen molar-refractivity contribution in [3.63, 3.8) is 0 Å². The second kappa shape index (κ2) is 5.32. The molecule has 0 aliphatic heterocycles. The van der Waals surface area contributed by atoms with E-state index in [-0.39, 0.29) is 22.3 Å². The van der Waals surface area contributed by atoms with E-state index in [1.807, 2.05) is 0 Å². The van der Waals surface area contributed by atoms with Gasteiger partial charge in [0.25, 0.3) is 5.91 Å². The van der Waals surface area contributed by atoms with Gasteiger partial charge in [0.2, 0.25) is 0 Å². The molecule has 0 fully saturated rings. The molecule has 5 nitrogen and oxygen atoms in total. The van der Waals surface area contributed by atoms with Gasteiger partial charge < -0.3 is 11.1 Å². The third-order valence-electron chi connectivity index (χ3n) is 2.12. The Bertz CT molecular complexity index is 588. The van der Waals surface area contributed by atoms with Gasteiger partial charge in [-0.3, -0.25) is 4.79 Å². The Morgan fingerprint density at radius 1 is 1.33 bits per heavy atom. The maximum absolute atomic E-state index is 11.9. The fourth-order valence-corrected chi connectivity index (χ4v) is 1.66. The van der Waals surface area contributed by atoms with Gasteiger partial charge in [-0.1, -0.05) is 11.6 Å². The Labute approximate surface area is 117 Å². The first-order valence-electron chi connectivity index (χ1n) is 4.90. The molecule has 2 heterocycles. The number of nitrogens with two attached hydrogens (primary N) is 1. The van der Waals surface area contributed by atoms with Crippen LogP contribution in [0.25, 0.3) is 0 Å². The van der Waals surface area contributed by atoms with Gasteiger partial charge in [0.1, 0.15) is 11.0 Å². The lowest BCUT2D eigenvalue weighted by atomic mass is 10.2. The highest BCUT2D eigenvalue weighted by Gasteiger charge is 2.11. The molecule has 2 aromatic rings. The first kappa shape index (κ1) is 12.8. The van der Waals surface area contributed by atoms with Crippen LogP contribution in [0.4, 0.5) is 11.5 Å². The number of pyridine rings is 2. The first-order chi connectivity index (χ1) is 8.56. The molecular formula is C11H8BrClN4O. The van der Waals surface area contributed by atoms with Crippen LogP contribution in [0.5, 0.6) is 0 Å². The van der Waals surface area contributed by atoms with E-state index in [1.54, 1.807) is 18.3 Å². The summed E-state index contributed by atoms with van der Waals surface area (Å²) in [7, 11) is 0. The van der Waals surface area contributed by atoms with Crippen LogP contribution in [-0.2, 0) is 0 Å². The Kier molecular flexibility index (Phi) is 3.78. The summed E-state index contributed by atoms with van der Waals surface area (Å²) < 4.78 is 0.826.